The van der Waals surface area contributed by atoms with E-state index in [0.29, 0.717) is 12.1 Å². The first-order chi connectivity index (χ1) is 13.7. The van der Waals surface area contributed by atoms with Crippen LogP contribution in [0.4, 0.5) is 0 Å². The highest BCUT2D eigenvalue weighted by Gasteiger charge is 2.29. The second-order valence-corrected chi connectivity index (χ2v) is 7.37. The third-order valence-corrected chi connectivity index (χ3v) is 5.53. The largest absolute Gasteiger partial charge is 0.497 e. The summed E-state index contributed by atoms with van der Waals surface area (Å²) >= 11 is 0. The molecule has 4 rings (SSSR count). The Morgan fingerprint density at radius 2 is 2.00 bits per heavy atom. The fourth-order valence-electron chi connectivity index (χ4n) is 4.00. The van der Waals surface area contributed by atoms with Gasteiger partial charge in [-0.3, -0.25) is 14.8 Å². The number of hydrogen-bond donors (Lipinski definition) is 0. The first kappa shape index (κ1) is 18.4. The molecule has 1 aliphatic rings. The van der Waals surface area contributed by atoms with Gasteiger partial charge in [0, 0.05) is 17.6 Å². The summed E-state index contributed by atoms with van der Waals surface area (Å²) < 4.78 is 5.33. The first-order valence-corrected chi connectivity index (χ1v) is 9.82. The Kier molecular flexibility index (Phi) is 5.24. The van der Waals surface area contributed by atoms with Gasteiger partial charge < -0.3 is 9.64 Å². The maximum atomic E-state index is 13.6. The van der Waals surface area contributed by atoms with Crippen molar-refractivity contribution < 1.29 is 9.53 Å². The summed E-state index contributed by atoms with van der Waals surface area (Å²) in [6.45, 7) is 2.43. The number of carbonyl (C=O) groups excluding carboxylic acids is 1. The molecule has 0 atom stereocenters. The SMILES string of the molecule is COc1ccc2nc(C)c(C(=O)N(Cc3ccccn3)C3CCCC3)cc2c1. The lowest BCUT2D eigenvalue weighted by atomic mass is 10.1. The summed E-state index contributed by atoms with van der Waals surface area (Å²) in [5.74, 6) is 0.796. The van der Waals surface area contributed by atoms with Gasteiger partial charge in [-0.05, 0) is 56.2 Å². The van der Waals surface area contributed by atoms with Crippen LogP contribution in [0, 0.1) is 6.92 Å². The lowest BCUT2D eigenvalue weighted by molar-refractivity contribution is 0.0660. The summed E-state index contributed by atoms with van der Waals surface area (Å²) in [5, 5.41) is 0.914. The molecule has 5 nitrogen and oxygen atoms in total. The van der Waals surface area contributed by atoms with Crippen LogP contribution in [0.2, 0.25) is 0 Å². The molecule has 1 amide bonds. The van der Waals surface area contributed by atoms with Gasteiger partial charge in [-0.2, -0.15) is 0 Å². The van der Waals surface area contributed by atoms with E-state index < -0.39 is 0 Å². The highest BCUT2D eigenvalue weighted by Crippen LogP contribution is 2.28. The number of benzene rings is 1. The molecule has 1 saturated carbocycles. The minimum absolute atomic E-state index is 0.0345. The van der Waals surface area contributed by atoms with E-state index in [1.54, 1.807) is 13.3 Å². The standard InChI is InChI=1S/C23H25N3O2/c1-16-21(14-17-13-20(28-2)10-11-22(17)25-16)23(27)26(19-8-3-4-9-19)15-18-7-5-6-12-24-18/h5-7,10-14,19H,3-4,8-9,15H2,1-2H3. The van der Waals surface area contributed by atoms with Gasteiger partial charge >= 0.3 is 0 Å². The summed E-state index contributed by atoms with van der Waals surface area (Å²) in [5.41, 5.74) is 3.19. The number of pyridine rings is 2. The van der Waals surface area contributed by atoms with Gasteiger partial charge in [0.15, 0.2) is 0 Å². The maximum absolute atomic E-state index is 13.6. The molecule has 0 unspecified atom stereocenters. The molecule has 0 aliphatic heterocycles. The smallest absolute Gasteiger partial charge is 0.256 e. The second kappa shape index (κ2) is 7.97. The van der Waals surface area contributed by atoms with Crippen LogP contribution in [0.5, 0.6) is 5.75 Å². The topological polar surface area (TPSA) is 55.3 Å². The van der Waals surface area contributed by atoms with Crippen LogP contribution in [0.15, 0.2) is 48.7 Å². The summed E-state index contributed by atoms with van der Waals surface area (Å²) in [6.07, 6.45) is 6.21. The van der Waals surface area contributed by atoms with Gasteiger partial charge in [0.05, 0.1) is 36.1 Å². The maximum Gasteiger partial charge on any atom is 0.256 e. The lowest BCUT2D eigenvalue weighted by Crippen LogP contribution is -2.39. The van der Waals surface area contributed by atoms with E-state index in [1.165, 1.54) is 12.8 Å². The van der Waals surface area contributed by atoms with E-state index in [-0.39, 0.29) is 11.9 Å². The Morgan fingerprint density at radius 1 is 1.18 bits per heavy atom. The van der Waals surface area contributed by atoms with Gasteiger partial charge in [-0.15, -0.1) is 0 Å². The summed E-state index contributed by atoms with van der Waals surface area (Å²) in [4.78, 5) is 24.7. The third kappa shape index (κ3) is 3.70. The molecular formula is C23H25N3O2. The monoisotopic (exact) mass is 375 g/mol. The van der Waals surface area contributed by atoms with Crippen molar-refractivity contribution in [2.45, 2.75) is 45.2 Å². The van der Waals surface area contributed by atoms with E-state index in [9.17, 15) is 4.79 Å². The predicted molar refractivity (Wildman–Crippen MR) is 109 cm³/mol. The minimum atomic E-state index is 0.0345. The second-order valence-electron chi connectivity index (χ2n) is 7.37. The number of rotatable bonds is 5. The summed E-state index contributed by atoms with van der Waals surface area (Å²) in [7, 11) is 1.64. The zero-order valence-electron chi connectivity index (χ0n) is 16.4. The molecule has 2 heterocycles. The normalized spacial score (nSPS) is 14.4. The Bertz CT molecular complexity index is 982. The number of aromatic nitrogens is 2. The highest BCUT2D eigenvalue weighted by molar-refractivity contribution is 5.99. The molecule has 0 saturated heterocycles. The van der Waals surface area contributed by atoms with E-state index >= 15 is 0 Å². The number of methoxy groups -OCH3 is 1. The number of aryl methyl sites for hydroxylation is 1. The number of fused-ring (bicyclic) bond motifs is 1. The van der Waals surface area contributed by atoms with Gasteiger partial charge in [0.25, 0.3) is 5.91 Å². The number of carbonyl (C=O) groups is 1. The van der Waals surface area contributed by atoms with E-state index in [2.05, 4.69) is 9.97 Å². The van der Waals surface area contributed by atoms with Gasteiger partial charge in [-0.1, -0.05) is 18.9 Å². The Labute approximate surface area is 165 Å². The quantitative estimate of drug-likeness (QED) is 0.657. The molecule has 0 N–H and O–H groups in total. The third-order valence-electron chi connectivity index (χ3n) is 5.53. The van der Waals surface area contributed by atoms with E-state index in [1.807, 2.05) is 54.3 Å². The molecule has 5 heteroatoms. The molecule has 2 aromatic heterocycles. The zero-order valence-corrected chi connectivity index (χ0v) is 16.4. The Balaban J connectivity index is 1.71. The van der Waals surface area contributed by atoms with Gasteiger partial charge in [0.2, 0.25) is 0 Å². The number of nitrogens with zero attached hydrogens (tertiary/aromatic N) is 3. The molecule has 1 fully saturated rings. The fourth-order valence-corrected chi connectivity index (χ4v) is 4.00. The van der Waals surface area contributed by atoms with Crippen LogP contribution < -0.4 is 4.74 Å². The van der Waals surface area contributed by atoms with Crippen molar-refractivity contribution in [1.29, 1.82) is 0 Å². The molecule has 144 valence electrons. The van der Waals surface area contributed by atoms with Crippen LogP contribution in [-0.2, 0) is 6.54 Å². The summed E-state index contributed by atoms with van der Waals surface area (Å²) in [6, 6.07) is 13.8. The Hall–Kier alpha value is -2.95. The predicted octanol–water partition coefficient (Wildman–Crippen LogP) is 4.53. The molecule has 0 spiro atoms. The molecule has 28 heavy (non-hydrogen) atoms. The number of ether oxygens (including phenoxy) is 1. The Morgan fingerprint density at radius 3 is 2.71 bits per heavy atom. The molecule has 3 aromatic rings. The molecular weight excluding hydrogens is 350 g/mol. The molecule has 0 radical (unpaired) electrons. The van der Waals surface area contributed by atoms with Crippen LogP contribution in [0.3, 0.4) is 0 Å². The molecule has 1 aromatic carbocycles. The zero-order chi connectivity index (χ0) is 19.5. The van der Waals surface area contributed by atoms with Crippen LogP contribution in [0.25, 0.3) is 10.9 Å². The van der Waals surface area contributed by atoms with Crippen LogP contribution in [0.1, 0.15) is 47.4 Å². The number of amides is 1. The van der Waals surface area contributed by atoms with Crippen molar-refractivity contribution in [2.75, 3.05) is 7.11 Å². The van der Waals surface area contributed by atoms with Gasteiger partial charge in [-0.25, -0.2) is 0 Å². The minimum Gasteiger partial charge on any atom is -0.497 e. The van der Waals surface area contributed by atoms with Crippen molar-refractivity contribution >= 4 is 16.8 Å². The average molecular weight is 375 g/mol. The average Bonchev–Trinajstić information content (AvgIpc) is 3.26. The van der Waals surface area contributed by atoms with Crippen molar-refractivity contribution in [1.82, 2.24) is 14.9 Å². The molecule has 0 bridgehead atoms. The van der Waals surface area contributed by atoms with Crippen LogP contribution >= 0.6 is 0 Å². The first-order valence-electron chi connectivity index (χ1n) is 9.82. The van der Waals surface area contributed by atoms with Crippen molar-refractivity contribution in [3.8, 4) is 5.75 Å². The number of hydrogen-bond acceptors (Lipinski definition) is 4. The van der Waals surface area contributed by atoms with Gasteiger partial charge in [0.1, 0.15) is 5.75 Å². The van der Waals surface area contributed by atoms with E-state index in [0.717, 1.165) is 40.9 Å². The van der Waals surface area contributed by atoms with Crippen molar-refractivity contribution in [3.05, 3.63) is 65.6 Å². The lowest BCUT2D eigenvalue weighted by Gasteiger charge is -2.29. The van der Waals surface area contributed by atoms with E-state index in [4.69, 9.17) is 4.74 Å². The van der Waals surface area contributed by atoms with Crippen LogP contribution in [-0.4, -0.2) is 33.9 Å². The van der Waals surface area contributed by atoms with Crippen molar-refractivity contribution in [3.63, 3.8) is 0 Å². The fraction of sp³-hybridized carbons (Fsp3) is 0.348. The molecule has 1 aliphatic carbocycles. The highest BCUT2D eigenvalue weighted by atomic mass is 16.5. The van der Waals surface area contributed by atoms with Crippen molar-refractivity contribution in [2.24, 2.45) is 0 Å².